The molecule has 0 amide bonds. The van der Waals surface area contributed by atoms with Gasteiger partial charge in [0.2, 0.25) is 0 Å². The molecule has 0 radical (unpaired) electrons. The molecular formula is C17H25NO. The lowest BCUT2D eigenvalue weighted by atomic mass is 9.87. The van der Waals surface area contributed by atoms with E-state index in [4.69, 9.17) is 5.73 Å². The molecule has 0 heterocycles. The number of hydrogen-bond donors (Lipinski definition) is 2. The van der Waals surface area contributed by atoms with E-state index in [9.17, 15) is 5.11 Å². The predicted molar refractivity (Wildman–Crippen MR) is 78.0 cm³/mol. The highest BCUT2D eigenvalue weighted by atomic mass is 16.3. The third kappa shape index (κ3) is 2.21. The molecule has 3 rings (SSSR count). The first-order chi connectivity index (χ1) is 9.13. The molecule has 2 saturated carbocycles. The summed E-state index contributed by atoms with van der Waals surface area (Å²) in [6.07, 6.45) is 3.74. The molecule has 104 valence electrons. The van der Waals surface area contributed by atoms with E-state index < -0.39 is 0 Å². The van der Waals surface area contributed by atoms with Gasteiger partial charge < -0.3 is 10.8 Å². The van der Waals surface area contributed by atoms with Crippen LogP contribution in [0.1, 0.15) is 41.9 Å². The molecule has 0 spiro atoms. The SMILES string of the molecule is Cc1ccc(C(CN)C(O)C2C3CCCC32)cc1C. The van der Waals surface area contributed by atoms with E-state index in [1.54, 1.807) is 0 Å². The van der Waals surface area contributed by atoms with Crippen LogP contribution in [-0.2, 0) is 0 Å². The Balaban J connectivity index is 1.78. The highest BCUT2D eigenvalue weighted by Crippen LogP contribution is 2.60. The summed E-state index contributed by atoms with van der Waals surface area (Å²) in [7, 11) is 0. The third-order valence-electron chi connectivity index (χ3n) is 5.49. The third-order valence-corrected chi connectivity index (χ3v) is 5.49. The summed E-state index contributed by atoms with van der Waals surface area (Å²) in [4.78, 5) is 0. The Kier molecular flexibility index (Phi) is 3.40. The minimum Gasteiger partial charge on any atom is -0.392 e. The molecule has 4 atom stereocenters. The Bertz CT molecular complexity index is 460. The van der Waals surface area contributed by atoms with Gasteiger partial charge in [0.05, 0.1) is 6.10 Å². The molecule has 2 heteroatoms. The van der Waals surface area contributed by atoms with Crippen molar-refractivity contribution in [1.82, 2.24) is 0 Å². The quantitative estimate of drug-likeness (QED) is 0.873. The molecule has 19 heavy (non-hydrogen) atoms. The lowest BCUT2D eigenvalue weighted by Gasteiger charge is -2.24. The van der Waals surface area contributed by atoms with E-state index in [2.05, 4.69) is 32.0 Å². The van der Waals surface area contributed by atoms with Crippen molar-refractivity contribution in [3.05, 3.63) is 34.9 Å². The maximum atomic E-state index is 10.7. The first-order valence-electron chi connectivity index (χ1n) is 7.58. The van der Waals surface area contributed by atoms with E-state index in [-0.39, 0.29) is 12.0 Å². The van der Waals surface area contributed by atoms with Crippen LogP contribution in [0.15, 0.2) is 18.2 Å². The van der Waals surface area contributed by atoms with E-state index >= 15 is 0 Å². The molecular weight excluding hydrogens is 234 g/mol. The van der Waals surface area contributed by atoms with Gasteiger partial charge in [-0.2, -0.15) is 0 Å². The summed E-state index contributed by atoms with van der Waals surface area (Å²) in [5.41, 5.74) is 9.75. The topological polar surface area (TPSA) is 46.2 Å². The smallest absolute Gasteiger partial charge is 0.0654 e. The Hall–Kier alpha value is -0.860. The van der Waals surface area contributed by atoms with E-state index in [0.29, 0.717) is 12.5 Å². The van der Waals surface area contributed by atoms with Gasteiger partial charge in [0.15, 0.2) is 0 Å². The average molecular weight is 259 g/mol. The molecule has 0 saturated heterocycles. The zero-order chi connectivity index (χ0) is 13.6. The van der Waals surface area contributed by atoms with E-state index in [0.717, 1.165) is 11.8 Å². The Morgan fingerprint density at radius 2 is 1.89 bits per heavy atom. The van der Waals surface area contributed by atoms with Crippen LogP contribution in [0.25, 0.3) is 0 Å². The van der Waals surface area contributed by atoms with Crippen LogP contribution in [0.2, 0.25) is 0 Å². The first-order valence-corrected chi connectivity index (χ1v) is 7.58. The lowest BCUT2D eigenvalue weighted by molar-refractivity contribution is 0.108. The molecule has 2 aliphatic carbocycles. The number of rotatable bonds is 4. The molecule has 2 nitrogen and oxygen atoms in total. The van der Waals surface area contributed by atoms with Gasteiger partial charge in [-0.05, 0) is 61.1 Å². The van der Waals surface area contributed by atoms with Gasteiger partial charge in [0.25, 0.3) is 0 Å². The molecule has 1 aromatic carbocycles. The van der Waals surface area contributed by atoms with Gasteiger partial charge in [-0.1, -0.05) is 24.6 Å². The zero-order valence-corrected chi connectivity index (χ0v) is 12.0. The first kappa shape index (κ1) is 13.1. The number of fused-ring (bicyclic) bond motifs is 1. The number of nitrogens with two attached hydrogens (primary N) is 1. The summed E-state index contributed by atoms with van der Waals surface area (Å²) < 4.78 is 0. The zero-order valence-electron chi connectivity index (χ0n) is 12.0. The van der Waals surface area contributed by atoms with E-state index in [1.807, 2.05) is 0 Å². The largest absolute Gasteiger partial charge is 0.392 e. The fourth-order valence-corrected chi connectivity index (χ4v) is 4.12. The van der Waals surface area contributed by atoms with Crippen molar-refractivity contribution >= 4 is 0 Å². The monoisotopic (exact) mass is 259 g/mol. The second-order valence-electron chi connectivity index (χ2n) is 6.51. The van der Waals surface area contributed by atoms with Crippen molar-refractivity contribution in [2.45, 2.75) is 45.1 Å². The van der Waals surface area contributed by atoms with Crippen LogP contribution in [0.5, 0.6) is 0 Å². The minimum absolute atomic E-state index is 0.106. The molecule has 4 unspecified atom stereocenters. The summed E-state index contributed by atoms with van der Waals surface area (Å²) >= 11 is 0. The van der Waals surface area contributed by atoms with Crippen molar-refractivity contribution in [2.75, 3.05) is 6.54 Å². The predicted octanol–water partition coefficient (Wildman–Crippen LogP) is 2.75. The van der Waals surface area contributed by atoms with Crippen LogP contribution >= 0.6 is 0 Å². The number of aryl methyl sites for hydroxylation is 2. The van der Waals surface area contributed by atoms with Crippen molar-refractivity contribution in [2.24, 2.45) is 23.5 Å². The number of aliphatic hydroxyl groups excluding tert-OH is 1. The molecule has 0 aromatic heterocycles. The van der Waals surface area contributed by atoms with Crippen molar-refractivity contribution in [3.63, 3.8) is 0 Å². The summed E-state index contributed by atoms with van der Waals surface area (Å²) in [6, 6.07) is 6.49. The molecule has 1 aromatic rings. The summed E-state index contributed by atoms with van der Waals surface area (Å²) in [5, 5.41) is 10.7. The van der Waals surface area contributed by atoms with Crippen molar-refractivity contribution < 1.29 is 5.11 Å². The fourth-order valence-electron chi connectivity index (χ4n) is 4.12. The molecule has 2 fully saturated rings. The van der Waals surface area contributed by atoms with Gasteiger partial charge in [-0.15, -0.1) is 0 Å². The van der Waals surface area contributed by atoms with Gasteiger partial charge in [-0.3, -0.25) is 0 Å². The maximum absolute atomic E-state index is 10.7. The Morgan fingerprint density at radius 1 is 1.21 bits per heavy atom. The minimum atomic E-state index is -0.248. The van der Waals surface area contributed by atoms with Crippen molar-refractivity contribution in [3.8, 4) is 0 Å². The van der Waals surface area contributed by atoms with Crippen LogP contribution in [0, 0.1) is 31.6 Å². The maximum Gasteiger partial charge on any atom is 0.0654 e. The number of hydrogen-bond acceptors (Lipinski definition) is 2. The lowest BCUT2D eigenvalue weighted by Crippen LogP contribution is -2.29. The van der Waals surface area contributed by atoms with Crippen LogP contribution in [0.4, 0.5) is 0 Å². The van der Waals surface area contributed by atoms with E-state index in [1.165, 1.54) is 36.0 Å². The van der Waals surface area contributed by atoms with Crippen molar-refractivity contribution in [1.29, 1.82) is 0 Å². The number of aliphatic hydroxyl groups is 1. The second kappa shape index (κ2) is 4.92. The van der Waals surface area contributed by atoms with Crippen LogP contribution in [-0.4, -0.2) is 17.8 Å². The highest BCUT2D eigenvalue weighted by molar-refractivity contribution is 5.33. The Labute approximate surface area is 116 Å². The molecule has 0 aliphatic heterocycles. The fraction of sp³-hybridized carbons (Fsp3) is 0.647. The summed E-state index contributed by atoms with van der Waals surface area (Å²) in [5.74, 6) is 2.20. The molecule has 2 aliphatic rings. The highest BCUT2D eigenvalue weighted by Gasteiger charge is 2.56. The second-order valence-corrected chi connectivity index (χ2v) is 6.51. The van der Waals surface area contributed by atoms with Gasteiger partial charge in [0, 0.05) is 12.5 Å². The normalized spacial score (nSPS) is 31.9. The summed E-state index contributed by atoms with van der Waals surface area (Å²) in [6.45, 7) is 4.79. The van der Waals surface area contributed by atoms with Crippen LogP contribution < -0.4 is 5.73 Å². The van der Waals surface area contributed by atoms with Crippen LogP contribution in [0.3, 0.4) is 0 Å². The molecule has 3 N–H and O–H groups in total. The average Bonchev–Trinajstić information content (AvgIpc) is 2.88. The standard InChI is InChI=1S/C17H25NO/c1-10-6-7-12(8-11(10)2)15(9-18)17(19)16-13-4-3-5-14(13)16/h6-8,13-17,19H,3-5,9,18H2,1-2H3. The Morgan fingerprint density at radius 3 is 2.47 bits per heavy atom. The molecule has 0 bridgehead atoms. The van der Waals surface area contributed by atoms with Gasteiger partial charge in [0.1, 0.15) is 0 Å². The van der Waals surface area contributed by atoms with Gasteiger partial charge >= 0.3 is 0 Å². The van der Waals surface area contributed by atoms with Gasteiger partial charge in [-0.25, -0.2) is 0 Å². The number of benzene rings is 1.